The normalized spacial score (nSPS) is 11.0. The van der Waals surface area contributed by atoms with Gasteiger partial charge in [0.25, 0.3) is 5.56 Å². The van der Waals surface area contributed by atoms with Crippen LogP contribution in [0.1, 0.15) is 5.56 Å². The summed E-state index contributed by atoms with van der Waals surface area (Å²) in [5.41, 5.74) is 3.81. The molecule has 0 fully saturated rings. The van der Waals surface area contributed by atoms with Crippen LogP contribution in [-0.4, -0.2) is 23.5 Å². The molecule has 0 aliphatic rings. The van der Waals surface area contributed by atoms with Crippen molar-refractivity contribution in [3.8, 4) is 5.75 Å². The predicted molar refractivity (Wildman–Crippen MR) is 94.3 cm³/mol. The molecule has 2 N–H and O–H groups in total. The van der Waals surface area contributed by atoms with Gasteiger partial charge in [-0.3, -0.25) is 10.2 Å². The fourth-order valence-corrected chi connectivity index (χ4v) is 2.49. The van der Waals surface area contributed by atoms with Crippen LogP contribution in [0.25, 0.3) is 10.8 Å². The number of hydrogen-bond acceptors (Lipinski definition) is 5. The van der Waals surface area contributed by atoms with E-state index in [9.17, 15) is 4.79 Å². The van der Waals surface area contributed by atoms with Gasteiger partial charge in [0.05, 0.1) is 25.2 Å². The summed E-state index contributed by atoms with van der Waals surface area (Å²) in [7, 11) is 1.62. The van der Waals surface area contributed by atoms with Gasteiger partial charge in [0.1, 0.15) is 10.2 Å². The molecule has 23 heavy (non-hydrogen) atoms. The van der Waals surface area contributed by atoms with E-state index in [4.69, 9.17) is 4.74 Å². The molecule has 0 atom stereocenters. The number of fused-ring (bicyclic) bond motifs is 1. The van der Waals surface area contributed by atoms with E-state index in [0.717, 1.165) is 22.1 Å². The maximum atomic E-state index is 11.5. The number of methoxy groups -OCH3 is 1. The molecular weight excluding hydrogens is 360 g/mol. The molecule has 6 nitrogen and oxygen atoms in total. The fraction of sp³-hybridized carbons (Fsp3) is 0.0625. The van der Waals surface area contributed by atoms with Gasteiger partial charge in [-0.2, -0.15) is 10.2 Å². The lowest BCUT2D eigenvalue weighted by molar-refractivity contribution is 0.415. The van der Waals surface area contributed by atoms with Gasteiger partial charge >= 0.3 is 0 Å². The van der Waals surface area contributed by atoms with E-state index >= 15 is 0 Å². The van der Waals surface area contributed by atoms with Crippen molar-refractivity contribution in [2.24, 2.45) is 5.10 Å². The SMILES string of the molecule is COc1ccc2ccccc2c1C=NNc1cn[nH]c(=O)c1Br. The first kappa shape index (κ1) is 15.2. The summed E-state index contributed by atoms with van der Waals surface area (Å²) in [6.07, 6.45) is 3.14. The van der Waals surface area contributed by atoms with Crippen LogP contribution >= 0.6 is 15.9 Å². The zero-order chi connectivity index (χ0) is 16.2. The van der Waals surface area contributed by atoms with Crippen LogP contribution in [0.2, 0.25) is 0 Å². The Morgan fingerprint density at radius 2 is 2.13 bits per heavy atom. The maximum Gasteiger partial charge on any atom is 0.280 e. The molecule has 0 saturated heterocycles. The van der Waals surface area contributed by atoms with E-state index in [-0.39, 0.29) is 5.56 Å². The average Bonchev–Trinajstić information content (AvgIpc) is 2.58. The Morgan fingerprint density at radius 3 is 2.96 bits per heavy atom. The third-order valence-corrected chi connectivity index (χ3v) is 4.11. The smallest absolute Gasteiger partial charge is 0.280 e. The number of halogens is 1. The van der Waals surface area contributed by atoms with Gasteiger partial charge in [-0.05, 0) is 32.8 Å². The van der Waals surface area contributed by atoms with Crippen molar-refractivity contribution in [3.05, 3.63) is 63.0 Å². The molecule has 3 rings (SSSR count). The van der Waals surface area contributed by atoms with Gasteiger partial charge in [0, 0.05) is 5.56 Å². The van der Waals surface area contributed by atoms with Gasteiger partial charge in [-0.15, -0.1) is 0 Å². The predicted octanol–water partition coefficient (Wildman–Crippen LogP) is 3.14. The molecule has 0 radical (unpaired) electrons. The number of aromatic nitrogens is 2. The highest BCUT2D eigenvalue weighted by molar-refractivity contribution is 9.10. The monoisotopic (exact) mass is 372 g/mol. The molecule has 7 heteroatoms. The number of nitrogens with zero attached hydrogens (tertiary/aromatic N) is 2. The molecular formula is C16H13BrN4O2. The quantitative estimate of drug-likeness (QED) is 0.544. The van der Waals surface area contributed by atoms with Gasteiger partial charge in [-0.25, -0.2) is 5.10 Å². The van der Waals surface area contributed by atoms with E-state index in [1.807, 2.05) is 36.4 Å². The molecule has 3 aromatic rings. The second-order valence-electron chi connectivity index (χ2n) is 4.70. The van der Waals surface area contributed by atoms with E-state index in [0.29, 0.717) is 10.2 Å². The second kappa shape index (κ2) is 6.62. The van der Waals surface area contributed by atoms with Crippen molar-refractivity contribution in [2.75, 3.05) is 12.5 Å². The van der Waals surface area contributed by atoms with Gasteiger partial charge in [0.2, 0.25) is 0 Å². The molecule has 0 amide bonds. The summed E-state index contributed by atoms with van der Waals surface area (Å²) < 4.78 is 5.75. The molecule has 1 heterocycles. The minimum Gasteiger partial charge on any atom is -0.496 e. The highest BCUT2D eigenvalue weighted by Gasteiger charge is 2.06. The summed E-state index contributed by atoms with van der Waals surface area (Å²) in [5.74, 6) is 0.720. The van der Waals surface area contributed by atoms with Crippen molar-refractivity contribution in [1.82, 2.24) is 10.2 Å². The van der Waals surface area contributed by atoms with Crippen molar-refractivity contribution in [2.45, 2.75) is 0 Å². The Bertz CT molecular complexity index is 937. The number of anilines is 1. The minimum absolute atomic E-state index is 0.326. The molecule has 0 saturated carbocycles. The van der Waals surface area contributed by atoms with Gasteiger partial charge in [0.15, 0.2) is 0 Å². The van der Waals surface area contributed by atoms with E-state index < -0.39 is 0 Å². The van der Waals surface area contributed by atoms with Crippen molar-refractivity contribution < 1.29 is 4.74 Å². The summed E-state index contributed by atoms with van der Waals surface area (Å²) >= 11 is 3.19. The van der Waals surface area contributed by atoms with Gasteiger partial charge in [-0.1, -0.05) is 30.3 Å². The van der Waals surface area contributed by atoms with Crippen molar-refractivity contribution >= 4 is 38.6 Å². The number of ether oxygens (including phenoxy) is 1. The Labute approximate surface area is 140 Å². The molecule has 1 aromatic heterocycles. The first-order valence-electron chi connectivity index (χ1n) is 6.78. The lowest BCUT2D eigenvalue weighted by atomic mass is 10.0. The number of hydrazone groups is 1. The van der Waals surface area contributed by atoms with E-state index in [2.05, 4.69) is 36.7 Å². The second-order valence-corrected chi connectivity index (χ2v) is 5.49. The van der Waals surface area contributed by atoms with E-state index in [1.165, 1.54) is 6.20 Å². The Balaban J connectivity index is 1.97. The Kier molecular flexibility index (Phi) is 4.38. The number of aromatic amines is 1. The largest absolute Gasteiger partial charge is 0.496 e. The van der Waals surface area contributed by atoms with Crippen molar-refractivity contribution in [3.63, 3.8) is 0 Å². The zero-order valence-electron chi connectivity index (χ0n) is 12.2. The number of rotatable bonds is 4. The van der Waals surface area contributed by atoms with Crippen LogP contribution in [-0.2, 0) is 0 Å². The summed E-state index contributed by atoms with van der Waals surface area (Å²) in [6.45, 7) is 0. The highest BCUT2D eigenvalue weighted by Crippen LogP contribution is 2.26. The topological polar surface area (TPSA) is 79.4 Å². The number of H-pyrrole nitrogens is 1. The number of nitrogens with one attached hydrogen (secondary N) is 2. The molecule has 0 spiro atoms. The van der Waals surface area contributed by atoms with Crippen LogP contribution in [0.3, 0.4) is 0 Å². The Morgan fingerprint density at radius 1 is 1.30 bits per heavy atom. The highest BCUT2D eigenvalue weighted by atomic mass is 79.9. The molecule has 116 valence electrons. The lowest BCUT2D eigenvalue weighted by Gasteiger charge is -2.08. The zero-order valence-corrected chi connectivity index (χ0v) is 13.8. The van der Waals surface area contributed by atoms with Crippen LogP contribution in [0, 0.1) is 0 Å². The summed E-state index contributed by atoms with van der Waals surface area (Å²) in [4.78, 5) is 11.5. The third kappa shape index (κ3) is 3.09. The standard InChI is InChI=1S/C16H13BrN4O2/c1-23-14-7-6-10-4-2-3-5-11(10)12(14)8-18-20-13-9-19-21-16(22)15(13)17/h2-9H,1H3,(H2,20,21,22). The average molecular weight is 373 g/mol. The molecule has 0 aliphatic carbocycles. The number of benzene rings is 2. The summed E-state index contributed by atoms with van der Waals surface area (Å²) in [6, 6.07) is 11.9. The number of hydrogen-bond donors (Lipinski definition) is 2. The minimum atomic E-state index is -0.326. The van der Waals surface area contributed by atoms with Crippen LogP contribution < -0.4 is 15.7 Å². The first-order chi connectivity index (χ1) is 11.2. The van der Waals surface area contributed by atoms with Crippen LogP contribution in [0.4, 0.5) is 5.69 Å². The molecule has 0 aliphatic heterocycles. The first-order valence-corrected chi connectivity index (χ1v) is 7.58. The molecule has 2 aromatic carbocycles. The van der Waals surface area contributed by atoms with Crippen molar-refractivity contribution in [1.29, 1.82) is 0 Å². The summed E-state index contributed by atoms with van der Waals surface area (Å²) in [5, 5.41) is 12.4. The lowest BCUT2D eigenvalue weighted by Crippen LogP contribution is -2.10. The van der Waals surface area contributed by atoms with E-state index in [1.54, 1.807) is 13.3 Å². The Hall–Kier alpha value is -2.67. The molecule has 0 bridgehead atoms. The van der Waals surface area contributed by atoms with Crippen LogP contribution in [0.5, 0.6) is 5.75 Å². The molecule has 0 unspecified atom stereocenters. The fourth-order valence-electron chi connectivity index (χ4n) is 2.21. The maximum absolute atomic E-state index is 11.5. The van der Waals surface area contributed by atoms with Gasteiger partial charge < -0.3 is 4.74 Å². The van der Waals surface area contributed by atoms with Crippen LogP contribution in [0.15, 0.2) is 57.0 Å². The third-order valence-electron chi connectivity index (χ3n) is 3.32.